The minimum absolute atomic E-state index is 0.188. The van der Waals surface area contributed by atoms with Gasteiger partial charge in [-0.25, -0.2) is 0 Å². The van der Waals surface area contributed by atoms with Gasteiger partial charge in [0.1, 0.15) is 5.75 Å². The van der Waals surface area contributed by atoms with Crippen molar-refractivity contribution in [3.63, 3.8) is 0 Å². The van der Waals surface area contributed by atoms with Gasteiger partial charge in [0.05, 0.1) is 0 Å². The molecule has 0 atom stereocenters. The van der Waals surface area contributed by atoms with Crippen molar-refractivity contribution in [2.24, 2.45) is 0 Å². The highest BCUT2D eigenvalue weighted by Crippen LogP contribution is 2.54. The molecule has 1 nitrogen and oxygen atoms in total. The zero-order chi connectivity index (χ0) is 14.1. The van der Waals surface area contributed by atoms with Gasteiger partial charge >= 0.3 is 0 Å². The van der Waals surface area contributed by atoms with Crippen molar-refractivity contribution >= 4 is 10.3 Å². The highest BCUT2D eigenvalue weighted by atomic mass is 32.3. The first-order chi connectivity index (χ1) is 8.04. The second kappa shape index (κ2) is 5.16. The van der Waals surface area contributed by atoms with Crippen LogP contribution >= 0.6 is 10.3 Å². The Hall–Kier alpha value is -0.630. The van der Waals surface area contributed by atoms with Gasteiger partial charge in [0.2, 0.25) is 0 Å². The van der Waals surface area contributed by atoms with E-state index in [1.807, 2.05) is 0 Å². The van der Waals surface area contributed by atoms with E-state index in [4.69, 9.17) is 4.18 Å². The molecule has 0 N–H and O–H groups in total. The summed E-state index contributed by atoms with van der Waals surface area (Å²) in [5.74, 6) is 1.59. The van der Waals surface area contributed by atoms with Gasteiger partial charge < -0.3 is 4.18 Å². The Kier molecular flexibility index (Phi) is 4.42. The Labute approximate surface area is 114 Å². The highest BCUT2D eigenvalue weighted by molar-refractivity contribution is 8.30. The van der Waals surface area contributed by atoms with E-state index in [0.717, 1.165) is 5.75 Å². The van der Waals surface area contributed by atoms with E-state index in [1.165, 1.54) is 11.1 Å². The molecule has 0 fully saturated rings. The Balaban J connectivity index is 3.07. The van der Waals surface area contributed by atoms with Crippen LogP contribution in [0.4, 0.5) is 0 Å². The number of hydrogen-bond donors (Lipinski definition) is 0. The molecule has 0 unspecified atom stereocenters. The third kappa shape index (κ3) is 3.44. The van der Waals surface area contributed by atoms with Crippen LogP contribution < -0.4 is 4.18 Å². The van der Waals surface area contributed by atoms with Crippen molar-refractivity contribution in [2.45, 2.75) is 52.2 Å². The molecule has 0 amide bonds. The Morgan fingerprint density at radius 3 is 2.11 bits per heavy atom. The van der Waals surface area contributed by atoms with Crippen LogP contribution in [0.25, 0.3) is 0 Å². The number of benzene rings is 1. The van der Waals surface area contributed by atoms with E-state index in [9.17, 15) is 0 Å². The van der Waals surface area contributed by atoms with Crippen LogP contribution in [0, 0.1) is 6.92 Å². The molecule has 2 heteroatoms. The average Bonchev–Trinajstić information content (AvgIpc) is 2.18. The summed E-state index contributed by atoms with van der Waals surface area (Å²) >= 11 is 0. The quantitative estimate of drug-likeness (QED) is 0.725. The van der Waals surface area contributed by atoms with Gasteiger partial charge in [-0.15, -0.1) is 0 Å². The molecule has 0 heterocycles. The van der Waals surface area contributed by atoms with E-state index >= 15 is 0 Å². The zero-order valence-corrected chi connectivity index (χ0v) is 13.9. The molecule has 0 aliphatic carbocycles. The molecule has 1 rings (SSSR count). The van der Waals surface area contributed by atoms with Crippen LogP contribution in [0.2, 0.25) is 0 Å². The Morgan fingerprint density at radius 1 is 1.11 bits per heavy atom. The van der Waals surface area contributed by atoms with Crippen LogP contribution in [0.5, 0.6) is 5.75 Å². The third-order valence-corrected chi connectivity index (χ3v) is 7.20. The Bertz CT molecular complexity index is 414. The van der Waals surface area contributed by atoms with Crippen molar-refractivity contribution in [1.29, 1.82) is 0 Å². The lowest BCUT2D eigenvalue weighted by Gasteiger charge is -2.44. The van der Waals surface area contributed by atoms with Crippen LogP contribution in [-0.4, -0.2) is 17.3 Å². The molecule has 0 saturated heterocycles. The predicted molar refractivity (Wildman–Crippen MR) is 85.1 cm³/mol. The second-order valence-electron chi connectivity index (χ2n) is 6.61. The predicted octanol–water partition coefficient (Wildman–Crippen LogP) is 5.27. The summed E-state index contributed by atoms with van der Waals surface area (Å²) in [6.07, 6.45) is 4.49. The molecule has 0 radical (unpaired) electrons. The smallest absolute Gasteiger partial charge is 0.138 e. The first-order valence-corrected chi connectivity index (χ1v) is 8.95. The van der Waals surface area contributed by atoms with Gasteiger partial charge in [-0.05, 0) is 63.3 Å². The molecular formula is C16H28OS. The van der Waals surface area contributed by atoms with Crippen molar-refractivity contribution in [3.05, 3.63) is 29.3 Å². The van der Waals surface area contributed by atoms with Crippen molar-refractivity contribution in [2.75, 3.05) is 12.5 Å². The van der Waals surface area contributed by atoms with E-state index in [1.54, 1.807) is 0 Å². The van der Waals surface area contributed by atoms with Gasteiger partial charge in [0.25, 0.3) is 0 Å². The van der Waals surface area contributed by atoms with Gasteiger partial charge in [-0.3, -0.25) is 0 Å². The van der Waals surface area contributed by atoms with Crippen molar-refractivity contribution < 1.29 is 4.18 Å². The first kappa shape index (κ1) is 15.4. The minimum Gasteiger partial charge on any atom is -0.449 e. The summed E-state index contributed by atoms with van der Waals surface area (Å²) in [4.78, 5) is 0. The fraction of sp³-hybridized carbons (Fsp3) is 0.625. The van der Waals surface area contributed by atoms with Crippen LogP contribution in [-0.2, 0) is 0 Å². The molecule has 0 aliphatic rings. The molecule has 0 saturated carbocycles. The Morgan fingerprint density at radius 2 is 1.67 bits per heavy atom. The monoisotopic (exact) mass is 268 g/mol. The third-order valence-electron chi connectivity index (χ3n) is 3.65. The van der Waals surface area contributed by atoms with Crippen LogP contribution in [0.3, 0.4) is 0 Å². The van der Waals surface area contributed by atoms with E-state index in [2.05, 4.69) is 72.3 Å². The topological polar surface area (TPSA) is 9.23 Å². The molecule has 1 aromatic rings. The molecule has 0 bridgehead atoms. The van der Waals surface area contributed by atoms with Gasteiger partial charge in [-0.1, -0.05) is 36.3 Å². The maximum Gasteiger partial charge on any atom is 0.138 e. The number of rotatable bonds is 3. The lowest BCUT2D eigenvalue weighted by molar-refractivity contribution is 0.580. The number of hydrogen-bond acceptors (Lipinski definition) is 1. The molecule has 0 aromatic heterocycles. The second-order valence-corrected chi connectivity index (χ2v) is 10.5. The summed E-state index contributed by atoms with van der Waals surface area (Å²) in [5.41, 5.74) is 2.57. The van der Waals surface area contributed by atoms with Gasteiger partial charge in [0, 0.05) is 4.75 Å². The molecule has 1 aromatic carbocycles. The van der Waals surface area contributed by atoms with Crippen molar-refractivity contribution in [1.82, 2.24) is 0 Å². The summed E-state index contributed by atoms with van der Waals surface area (Å²) in [6.45, 7) is 13.3. The first-order valence-electron chi connectivity index (χ1n) is 6.57. The molecule has 0 spiro atoms. The molecule has 0 aliphatic heterocycles. The van der Waals surface area contributed by atoms with Crippen LogP contribution in [0.1, 0.15) is 51.7 Å². The lowest BCUT2D eigenvalue weighted by Crippen LogP contribution is -2.27. The number of aryl methyl sites for hydroxylation is 1. The highest BCUT2D eigenvalue weighted by Gasteiger charge is 2.30. The summed E-state index contributed by atoms with van der Waals surface area (Å²) in [7, 11) is -1.12. The fourth-order valence-electron chi connectivity index (χ4n) is 1.42. The SMILES string of the molecule is Cc1ccc(C(C)C)cc1OS(C)(C)C(C)(C)C. The maximum absolute atomic E-state index is 6.37. The largest absolute Gasteiger partial charge is 0.449 e. The van der Waals surface area contributed by atoms with Crippen LogP contribution in [0.15, 0.2) is 18.2 Å². The normalized spacial score (nSPS) is 13.8. The van der Waals surface area contributed by atoms with E-state index in [-0.39, 0.29) is 4.75 Å². The molecular weight excluding hydrogens is 240 g/mol. The fourth-order valence-corrected chi connectivity index (χ4v) is 2.29. The van der Waals surface area contributed by atoms with Gasteiger partial charge in [0.15, 0.2) is 0 Å². The van der Waals surface area contributed by atoms with Crippen molar-refractivity contribution in [3.8, 4) is 5.75 Å². The zero-order valence-electron chi connectivity index (χ0n) is 13.1. The summed E-state index contributed by atoms with van der Waals surface area (Å²) in [6, 6.07) is 6.58. The standard InChI is InChI=1S/C16H28OS/c1-12(2)14-10-9-13(3)15(11-14)17-18(7,8)16(4,5)6/h9-12H,1-8H3. The van der Waals surface area contributed by atoms with Gasteiger partial charge in [-0.2, -0.15) is 0 Å². The minimum atomic E-state index is -1.12. The molecule has 104 valence electrons. The van der Waals surface area contributed by atoms with E-state index < -0.39 is 10.3 Å². The lowest BCUT2D eigenvalue weighted by atomic mass is 10.0. The summed E-state index contributed by atoms with van der Waals surface area (Å²) < 4.78 is 6.56. The molecule has 18 heavy (non-hydrogen) atoms. The van der Waals surface area contributed by atoms with E-state index in [0.29, 0.717) is 5.92 Å². The summed E-state index contributed by atoms with van der Waals surface area (Å²) in [5, 5.41) is 0. The maximum atomic E-state index is 6.37. The average molecular weight is 268 g/mol.